The zero-order valence-electron chi connectivity index (χ0n) is 14.7. The van der Waals surface area contributed by atoms with Crippen molar-refractivity contribution < 1.29 is 26.1 Å². The summed E-state index contributed by atoms with van der Waals surface area (Å²) < 4.78 is 10.6. The topological polar surface area (TPSA) is 20.5 Å². The van der Waals surface area contributed by atoms with Crippen molar-refractivity contribution in [3.05, 3.63) is 101 Å². The predicted octanol–water partition coefficient (Wildman–Crippen LogP) is 1.78. The van der Waals surface area contributed by atoms with E-state index < -0.39 is 0 Å². The van der Waals surface area contributed by atoms with Crippen LogP contribution in [0.4, 0.5) is 0 Å². The third-order valence-electron chi connectivity index (χ3n) is 4.51. The Bertz CT molecular complexity index is 941. The molecule has 0 radical (unpaired) electrons. The summed E-state index contributed by atoms with van der Waals surface area (Å²) in [7, 11) is 3.38. The van der Waals surface area contributed by atoms with Crippen molar-refractivity contribution in [1.29, 1.82) is 0 Å². The summed E-state index contributed by atoms with van der Waals surface area (Å²) in [5.74, 6) is 1.74. The lowest BCUT2D eigenvalue weighted by Gasteiger charge is -2.01. The van der Waals surface area contributed by atoms with Crippen LogP contribution in [0.1, 0.15) is 11.1 Å². The van der Waals surface area contributed by atoms with E-state index in [0.29, 0.717) is 0 Å². The maximum atomic E-state index is 5.28. The van der Waals surface area contributed by atoms with Crippen LogP contribution >= 0.6 is 0 Å². The first kappa shape index (κ1) is 18.2. The Hall–Kier alpha value is -2.65. The molecule has 130 valence electrons. The molecule has 26 heavy (non-hydrogen) atoms. The van der Waals surface area contributed by atoms with Crippen LogP contribution in [0.5, 0.6) is 5.75 Å². The molecule has 4 rings (SSSR count). The molecule has 0 saturated carbocycles. The van der Waals surface area contributed by atoms with Crippen LogP contribution in [0, 0.1) is 0 Å². The lowest BCUT2D eigenvalue weighted by Crippen LogP contribution is -3.00. The van der Waals surface area contributed by atoms with Crippen molar-refractivity contribution in [3.63, 3.8) is 0 Å². The van der Waals surface area contributed by atoms with Crippen LogP contribution in [0.3, 0.4) is 0 Å². The summed E-state index contributed by atoms with van der Waals surface area (Å²) in [5.41, 5.74) is 7.60. The van der Waals surface area contributed by atoms with E-state index >= 15 is 0 Å². The van der Waals surface area contributed by atoms with Gasteiger partial charge in [-0.3, -0.25) is 4.42 Å². The minimum absolute atomic E-state index is 0. The molecular weight excluding hydrogens is 388 g/mol. The Morgan fingerprint density at radius 3 is 1.81 bits per heavy atom. The fourth-order valence-corrected chi connectivity index (χ4v) is 3.17. The second kappa shape index (κ2) is 7.71. The SMILES string of the molecule is COc1ccc(C2=C(c3ccccc3)C2=C2C=CC(=[O+]C)C=C2)cc1.[Br-]. The normalized spacial score (nSPS) is 15.1. The largest absolute Gasteiger partial charge is 1.00 e. The number of ketones is 1. The zero-order valence-corrected chi connectivity index (χ0v) is 16.3. The molecule has 2 aliphatic rings. The van der Waals surface area contributed by atoms with Gasteiger partial charge in [0.1, 0.15) is 5.75 Å². The number of carbonyl (C=O) groups excluding carboxylic acids is 1. The Morgan fingerprint density at radius 2 is 1.27 bits per heavy atom. The van der Waals surface area contributed by atoms with Gasteiger partial charge in [0.05, 0.1) is 7.11 Å². The fraction of sp³-hybridized carbons (Fsp3) is 0.0870. The van der Waals surface area contributed by atoms with Gasteiger partial charge < -0.3 is 21.7 Å². The van der Waals surface area contributed by atoms with E-state index in [1.807, 2.05) is 30.4 Å². The molecule has 0 saturated heterocycles. The quantitative estimate of drug-likeness (QED) is 0.711. The van der Waals surface area contributed by atoms with Gasteiger partial charge in [0.25, 0.3) is 7.11 Å². The van der Waals surface area contributed by atoms with Crippen molar-refractivity contribution >= 4 is 16.9 Å². The van der Waals surface area contributed by atoms with Gasteiger partial charge in [0.15, 0.2) is 0 Å². The smallest absolute Gasteiger partial charge is 0.343 e. The molecule has 0 spiro atoms. The highest BCUT2D eigenvalue weighted by Crippen LogP contribution is 2.54. The molecule has 2 aromatic rings. The minimum atomic E-state index is 0. The van der Waals surface area contributed by atoms with Crippen LogP contribution in [0.2, 0.25) is 0 Å². The van der Waals surface area contributed by atoms with Crippen LogP contribution in [-0.4, -0.2) is 20.0 Å². The molecule has 0 atom stereocenters. The summed E-state index contributed by atoms with van der Waals surface area (Å²) in [4.78, 5) is 0. The lowest BCUT2D eigenvalue weighted by molar-refractivity contribution is -0.417. The summed E-state index contributed by atoms with van der Waals surface area (Å²) >= 11 is 0. The van der Waals surface area contributed by atoms with Crippen LogP contribution in [0.25, 0.3) is 11.1 Å². The number of benzene rings is 2. The molecule has 2 aromatic carbocycles. The maximum absolute atomic E-state index is 5.28. The van der Waals surface area contributed by atoms with Gasteiger partial charge in [-0.2, -0.15) is 0 Å². The molecule has 0 N–H and O–H groups in total. The van der Waals surface area contributed by atoms with Gasteiger partial charge in [-0.05, 0) is 57.7 Å². The van der Waals surface area contributed by atoms with Gasteiger partial charge in [-0.25, -0.2) is 0 Å². The number of hydrogen-bond acceptors (Lipinski definition) is 1. The average Bonchev–Trinajstić information content (AvgIpc) is 3.44. The highest BCUT2D eigenvalue weighted by molar-refractivity contribution is 6.27. The highest BCUT2D eigenvalue weighted by Gasteiger charge is 2.34. The van der Waals surface area contributed by atoms with Crippen LogP contribution in [0.15, 0.2) is 90.0 Å². The van der Waals surface area contributed by atoms with Crippen LogP contribution < -0.4 is 21.7 Å². The molecule has 2 aliphatic carbocycles. The fourth-order valence-electron chi connectivity index (χ4n) is 3.17. The highest BCUT2D eigenvalue weighted by atomic mass is 79.9. The lowest BCUT2D eigenvalue weighted by atomic mass is 10.0. The molecule has 3 heteroatoms. The second-order valence-electron chi connectivity index (χ2n) is 5.95. The molecule has 0 heterocycles. The Kier molecular flexibility index (Phi) is 5.38. The second-order valence-corrected chi connectivity index (χ2v) is 5.95. The maximum Gasteiger partial charge on any atom is 0.343 e. The molecular formula is C23H19BrO2. The van der Waals surface area contributed by atoms with E-state index in [0.717, 1.165) is 11.5 Å². The number of halogens is 1. The van der Waals surface area contributed by atoms with E-state index in [2.05, 4.69) is 48.6 Å². The minimum Gasteiger partial charge on any atom is -1.00 e. The van der Waals surface area contributed by atoms with E-state index in [9.17, 15) is 0 Å². The van der Waals surface area contributed by atoms with Crippen molar-refractivity contribution in [2.24, 2.45) is 0 Å². The van der Waals surface area contributed by atoms with Crippen molar-refractivity contribution in [2.45, 2.75) is 0 Å². The zero-order chi connectivity index (χ0) is 17.2. The summed E-state index contributed by atoms with van der Waals surface area (Å²) in [5, 5.41) is 0. The first-order valence-corrected chi connectivity index (χ1v) is 8.28. The van der Waals surface area contributed by atoms with Gasteiger partial charge in [0, 0.05) is 12.2 Å². The summed E-state index contributed by atoms with van der Waals surface area (Å²) in [6.07, 6.45) is 8.26. The number of hydrogen-bond donors (Lipinski definition) is 0. The molecule has 0 aliphatic heterocycles. The van der Waals surface area contributed by atoms with Crippen molar-refractivity contribution in [1.82, 2.24) is 0 Å². The molecule has 2 nitrogen and oxygen atoms in total. The molecule has 0 amide bonds. The molecule has 0 fully saturated rings. The number of ether oxygens (including phenoxy) is 1. The summed E-state index contributed by atoms with van der Waals surface area (Å²) in [6.45, 7) is 0. The third-order valence-corrected chi connectivity index (χ3v) is 4.51. The molecule has 0 aromatic heterocycles. The van der Waals surface area contributed by atoms with Gasteiger partial charge in [-0.1, -0.05) is 42.5 Å². The van der Waals surface area contributed by atoms with E-state index in [4.69, 9.17) is 9.16 Å². The van der Waals surface area contributed by atoms with Crippen molar-refractivity contribution in [3.8, 4) is 5.75 Å². The number of allylic oxidation sites excluding steroid dienone is 8. The van der Waals surface area contributed by atoms with Crippen LogP contribution in [-0.2, 0) is 4.42 Å². The third kappa shape index (κ3) is 3.35. The van der Waals surface area contributed by atoms with Gasteiger partial charge in [-0.15, -0.1) is 0 Å². The summed E-state index contributed by atoms with van der Waals surface area (Å²) in [6, 6.07) is 18.8. The Morgan fingerprint density at radius 1 is 0.692 bits per heavy atom. The van der Waals surface area contributed by atoms with E-state index in [1.165, 1.54) is 33.4 Å². The van der Waals surface area contributed by atoms with Gasteiger partial charge in [0.2, 0.25) is 0 Å². The Labute approximate surface area is 164 Å². The van der Waals surface area contributed by atoms with Gasteiger partial charge >= 0.3 is 5.78 Å². The standard InChI is InChI=1S/C23H19O2.BrH/c1-24-19-12-8-17(9-13-19)22-21(16-6-4-3-5-7-16)23(22)18-10-14-20(25-2)15-11-18;/h3-15H,1-2H3;1H/q+1;/p-1. The number of rotatable bonds is 3. The van der Waals surface area contributed by atoms with E-state index in [-0.39, 0.29) is 17.0 Å². The predicted molar refractivity (Wildman–Crippen MR) is 102 cm³/mol. The molecule has 0 bridgehead atoms. The molecule has 0 unspecified atom stereocenters. The Balaban J connectivity index is 0.00000196. The average molecular weight is 407 g/mol. The number of methoxy groups -OCH3 is 1. The van der Waals surface area contributed by atoms with Crippen molar-refractivity contribution in [2.75, 3.05) is 14.2 Å². The monoisotopic (exact) mass is 406 g/mol. The first-order valence-electron chi connectivity index (χ1n) is 8.28. The van der Waals surface area contributed by atoms with E-state index in [1.54, 1.807) is 14.2 Å². The first-order chi connectivity index (χ1) is 12.3.